The Morgan fingerprint density at radius 2 is 1.77 bits per heavy atom. The van der Waals surface area contributed by atoms with E-state index in [1.807, 2.05) is 60.2 Å². The maximum Gasteiger partial charge on any atom is 0.247 e. The zero-order valence-electron chi connectivity index (χ0n) is 14.2. The van der Waals surface area contributed by atoms with E-state index >= 15 is 0 Å². The molecular formula is C21H19N3O2. The number of rotatable bonds is 4. The molecule has 2 fully saturated rings. The van der Waals surface area contributed by atoms with Crippen LogP contribution in [0, 0.1) is 5.92 Å². The molecule has 2 saturated carbocycles. The summed E-state index contributed by atoms with van der Waals surface area (Å²) >= 11 is 0. The molecule has 0 radical (unpaired) electrons. The third-order valence-electron chi connectivity index (χ3n) is 5.58. The molecule has 5 nitrogen and oxygen atoms in total. The summed E-state index contributed by atoms with van der Waals surface area (Å²) in [6.45, 7) is 0. The highest BCUT2D eigenvalue weighted by Gasteiger charge is 2.56. The molecular weight excluding hydrogens is 326 g/mol. The van der Waals surface area contributed by atoms with Crippen molar-refractivity contribution < 1.29 is 10.0 Å². The van der Waals surface area contributed by atoms with Crippen LogP contribution in [0.3, 0.4) is 0 Å². The summed E-state index contributed by atoms with van der Waals surface area (Å²) in [6, 6.07) is 16.1. The Morgan fingerprint density at radius 1 is 1.00 bits per heavy atom. The molecule has 26 heavy (non-hydrogen) atoms. The molecule has 1 amide bonds. The van der Waals surface area contributed by atoms with Crippen molar-refractivity contribution in [2.75, 3.05) is 0 Å². The molecule has 2 aliphatic rings. The van der Waals surface area contributed by atoms with Crippen molar-refractivity contribution >= 4 is 16.9 Å². The molecule has 2 N–H and O–H groups in total. The number of hydrogen-bond acceptors (Lipinski definition) is 4. The van der Waals surface area contributed by atoms with Crippen molar-refractivity contribution in [1.29, 1.82) is 0 Å². The van der Waals surface area contributed by atoms with Crippen LogP contribution < -0.4 is 5.48 Å². The van der Waals surface area contributed by atoms with Crippen LogP contribution in [-0.2, 0) is 4.79 Å². The quantitative estimate of drug-likeness (QED) is 0.560. The number of hydroxylamine groups is 1. The summed E-state index contributed by atoms with van der Waals surface area (Å²) in [6.07, 6.45) is 4.29. The first kappa shape index (κ1) is 15.5. The van der Waals surface area contributed by atoms with Gasteiger partial charge in [0.25, 0.3) is 0 Å². The van der Waals surface area contributed by atoms with Crippen LogP contribution >= 0.6 is 0 Å². The molecule has 0 unspecified atom stereocenters. The average Bonchev–Trinajstić information content (AvgIpc) is 3.60. The molecule has 5 rings (SSSR count). The van der Waals surface area contributed by atoms with E-state index in [1.54, 1.807) is 0 Å². The minimum atomic E-state index is -0.334. The van der Waals surface area contributed by atoms with E-state index < -0.39 is 0 Å². The first-order chi connectivity index (χ1) is 12.8. The van der Waals surface area contributed by atoms with Gasteiger partial charge in [-0.05, 0) is 36.1 Å². The normalized spacial score (nSPS) is 24.4. The van der Waals surface area contributed by atoms with Crippen molar-refractivity contribution in [2.45, 2.75) is 30.6 Å². The van der Waals surface area contributed by atoms with Crippen LogP contribution in [0.2, 0.25) is 0 Å². The second-order valence-electron chi connectivity index (χ2n) is 7.28. The van der Waals surface area contributed by atoms with Gasteiger partial charge in [-0.1, -0.05) is 36.4 Å². The summed E-state index contributed by atoms with van der Waals surface area (Å²) in [5.74, 6) is 0.0890. The minimum absolute atomic E-state index is 0.0406. The highest BCUT2D eigenvalue weighted by atomic mass is 16.5. The number of amides is 1. The molecule has 130 valence electrons. The van der Waals surface area contributed by atoms with Gasteiger partial charge in [0.1, 0.15) is 0 Å². The average molecular weight is 345 g/mol. The first-order valence-corrected chi connectivity index (χ1v) is 9.02. The summed E-state index contributed by atoms with van der Waals surface area (Å²) in [5.41, 5.74) is 6.84. The van der Waals surface area contributed by atoms with Gasteiger partial charge in [-0.2, -0.15) is 0 Å². The van der Waals surface area contributed by atoms with Crippen molar-refractivity contribution in [1.82, 2.24) is 15.4 Å². The summed E-state index contributed by atoms with van der Waals surface area (Å²) in [4.78, 5) is 21.5. The molecule has 3 aromatic rings. The third kappa shape index (κ3) is 2.56. The lowest BCUT2D eigenvalue weighted by molar-refractivity contribution is -0.130. The largest absolute Gasteiger partial charge is 0.289 e. The van der Waals surface area contributed by atoms with Gasteiger partial charge in [0.2, 0.25) is 5.91 Å². The van der Waals surface area contributed by atoms with Crippen LogP contribution in [-0.4, -0.2) is 21.1 Å². The number of fused-ring (bicyclic) bond motifs is 1. The summed E-state index contributed by atoms with van der Waals surface area (Å²) in [7, 11) is 0. The fourth-order valence-corrected chi connectivity index (χ4v) is 4.04. The monoisotopic (exact) mass is 345 g/mol. The number of carbonyl (C=O) groups excluding carboxylic acids is 1. The van der Waals surface area contributed by atoms with Crippen LogP contribution in [0.4, 0.5) is 0 Å². The third-order valence-corrected chi connectivity index (χ3v) is 5.58. The molecule has 2 aliphatic carbocycles. The smallest absolute Gasteiger partial charge is 0.247 e. The number of benzene rings is 2. The van der Waals surface area contributed by atoms with E-state index in [2.05, 4.69) is 4.98 Å². The van der Waals surface area contributed by atoms with Gasteiger partial charge in [-0.15, -0.1) is 0 Å². The van der Waals surface area contributed by atoms with Crippen molar-refractivity contribution in [3.8, 4) is 0 Å². The van der Waals surface area contributed by atoms with Crippen LogP contribution in [0.1, 0.15) is 47.4 Å². The van der Waals surface area contributed by atoms with Crippen LogP contribution in [0.15, 0.2) is 54.7 Å². The number of carbonyl (C=O) groups is 1. The zero-order valence-corrected chi connectivity index (χ0v) is 14.2. The second kappa shape index (κ2) is 5.88. The molecule has 3 atom stereocenters. The van der Waals surface area contributed by atoms with Gasteiger partial charge in [0, 0.05) is 24.0 Å². The predicted octanol–water partition coefficient (Wildman–Crippen LogP) is 3.51. The van der Waals surface area contributed by atoms with E-state index in [-0.39, 0.29) is 23.7 Å². The molecule has 1 aromatic heterocycles. The molecule has 0 aliphatic heterocycles. The zero-order chi connectivity index (χ0) is 17.7. The molecule has 5 heteroatoms. The van der Waals surface area contributed by atoms with E-state index in [0.29, 0.717) is 5.92 Å². The molecule has 0 saturated heterocycles. The van der Waals surface area contributed by atoms with Gasteiger partial charge in [-0.25, -0.2) is 10.5 Å². The van der Waals surface area contributed by atoms with Gasteiger partial charge >= 0.3 is 0 Å². The van der Waals surface area contributed by atoms with Gasteiger partial charge in [-0.3, -0.25) is 15.0 Å². The van der Waals surface area contributed by atoms with Gasteiger partial charge < -0.3 is 0 Å². The Morgan fingerprint density at radius 3 is 2.50 bits per heavy atom. The highest BCUT2D eigenvalue weighted by Crippen LogP contribution is 2.60. The van der Waals surface area contributed by atoms with Crippen molar-refractivity contribution in [2.24, 2.45) is 5.92 Å². The SMILES string of the molecule is O=C(NO)[C@@H]1[C@H](c2ccccc2)[C@H]1c1ccc2nc(C3CC3)cnc2c1. The highest BCUT2D eigenvalue weighted by molar-refractivity contribution is 5.85. The number of nitrogens with zero attached hydrogens (tertiary/aromatic N) is 2. The number of aromatic nitrogens is 2. The fraction of sp³-hybridized carbons (Fsp3) is 0.286. The Balaban J connectivity index is 1.50. The van der Waals surface area contributed by atoms with E-state index in [9.17, 15) is 4.79 Å². The lowest BCUT2D eigenvalue weighted by atomic mass is 10.0. The molecule has 0 bridgehead atoms. The Bertz CT molecular complexity index is 985. The van der Waals surface area contributed by atoms with E-state index in [4.69, 9.17) is 10.2 Å². The van der Waals surface area contributed by atoms with E-state index in [1.165, 1.54) is 12.8 Å². The fourth-order valence-electron chi connectivity index (χ4n) is 4.04. The minimum Gasteiger partial charge on any atom is -0.289 e. The van der Waals surface area contributed by atoms with Gasteiger partial charge in [0.05, 0.1) is 22.6 Å². The second-order valence-corrected chi connectivity index (χ2v) is 7.28. The topological polar surface area (TPSA) is 75.1 Å². The first-order valence-electron chi connectivity index (χ1n) is 9.02. The van der Waals surface area contributed by atoms with Gasteiger partial charge in [0.15, 0.2) is 0 Å². The summed E-state index contributed by atoms with van der Waals surface area (Å²) < 4.78 is 0. The van der Waals surface area contributed by atoms with E-state index in [0.717, 1.165) is 27.9 Å². The summed E-state index contributed by atoms with van der Waals surface area (Å²) in [5, 5.41) is 9.11. The maximum atomic E-state index is 12.1. The Hall–Kier alpha value is -2.79. The molecule has 2 aromatic carbocycles. The maximum absolute atomic E-state index is 12.1. The number of hydrogen-bond donors (Lipinski definition) is 2. The van der Waals surface area contributed by atoms with Crippen LogP contribution in [0.5, 0.6) is 0 Å². The van der Waals surface area contributed by atoms with Crippen LogP contribution in [0.25, 0.3) is 11.0 Å². The Labute approximate surface area is 151 Å². The standard InChI is InChI=1S/C21H19N3O2/c25-21(24-26)20-18(13-4-2-1-3-5-13)19(20)14-8-9-15-16(10-14)22-11-17(23-15)12-6-7-12/h1-5,8-12,18-20,26H,6-7H2,(H,24,25)/t18-,19-,20-/m1/s1. The number of nitrogens with one attached hydrogen (secondary N) is 1. The lowest BCUT2D eigenvalue weighted by Crippen LogP contribution is -2.21. The predicted molar refractivity (Wildman–Crippen MR) is 96.9 cm³/mol. The van der Waals surface area contributed by atoms with Crippen molar-refractivity contribution in [3.63, 3.8) is 0 Å². The Kier molecular flexibility index (Phi) is 3.50. The molecule has 0 spiro atoms. The molecule has 1 heterocycles. The lowest BCUT2D eigenvalue weighted by Gasteiger charge is -2.05. The van der Waals surface area contributed by atoms with Crippen molar-refractivity contribution in [3.05, 3.63) is 71.5 Å².